The molecule has 0 spiro atoms. The normalized spacial score (nSPS) is 17.2. The van der Waals surface area contributed by atoms with Gasteiger partial charge >= 0.3 is 0 Å². The standard InChI is InChI=1S/C20H20N4O2S/c1-12-6-7-13(10-23-12)20(26)24-9-3-4-14(11-24)16-15-5-2-8-22-19(15)27-17(16)18(21)25/h2,5-8,10,14H,3-4,9,11H2,1H3,(H2,21,25). The third-order valence-corrected chi connectivity index (χ3v) is 6.15. The van der Waals surface area contributed by atoms with E-state index in [1.165, 1.54) is 11.3 Å². The Morgan fingerprint density at radius 2 is 2.11 bits per heavy atom. The van der Waals surface area contributed by atoms with Crippen LogP contribution in [0.1, 0.15) is 50.0 Å². The van der Waals surface area contributed by atoms with Crippen molar-refractivity contribution in [3.63, 3.8) is 0 Å². The summed E-state index contributed by atoms with van der Waals surface area (Å²) < 4.78 is 0. The van der Waals surface area contributed by atoms with Gasteiger partial charge in [-0.15, -0.1) is 11.3 Å². The molecule has 27 heavy (non-hydrogen) atoms. The number of piperidine rings is 1. The molecule has 2 N–H and O–H groups in total. The molecule has 1 aliphatic heterocycles. The minimum Gasteiger partial charge on any atom is -0.365 e. The second kappa shape index (κ2) is 7.08. The van der Waals surface area contributed by atoms with Gasteiger partial charge in [-0.05, 0) is 43.5 Å². The van der Waals surface area contributed by atoms with E-state index in [1.54, 1.807) is 12.4 Å². The van der Waals surface area contributed by atoms with Crippen molar-refractivity contribution in [2.45, 2.75) is 25.7 Å². The number of aromatic nitrogens is 2. The lowest BCUT2D eigenvalue weighted by Crippen LogP contribution is -2.39. The Hall–Kier alpha value is -2.80. The zero-order valence-corrected chi connectivity index (χ0v) is 15.8. The molecule has 0 bridgehead atoms. The van der Waals surface area contributed by atoms with E-state index in [2.05, 4.69) is 9.97 Å². The highest BCUT2D eigenvalue weighted by molar-refractivity contribution is 7.20. The third-order valence-electron chi connectivity index (χ3n) is 5.00. The van der Waals surface area contributed by atoms with Crippen LogP contribution in [-0.2, 0) is 0 Å². The molecule has 1 saturated heterocycles. The van der Waals surface area contributed by atoms with E-state index in [0.29, 0.717) is 23.5 Å². The summed E-state index contributed by atoms with van der Waals surface area (Å²) in [7, 11) is 0. The van der Waals surface area contributed by atoms with E-state index in [-0.39, 0.29) is 11.8 Å². The van der Waals surface area contributed by atoms with Crippen LogP contribution >= 0.6 is 11.3 Å². The number of thiophene rings is 1. The molecule has 4 heterocycles. The summed E-state index contributed by atoms with van der Waals surface area (Å²) in [5.41, 5.74) is 8.05. The molecule has 1 aliphatic rings. The van der Waals surface area contributed by atoms with Crippen molar-refractivity contribution < 1.29 is 9.59 Å². The van der Waals surface area contributed by atoms with E-state index in [9.17, 15) is 9.59 Å². The number of pyridine rings is 2. The van der Waals surface area contributed by atoms with Gasteiger partial charge in [-0.25, -0.2) is 4.98 Å². The predicted molar refractivity (Wildman–Crippen MR) is 105 cm³/mol. The molecule has 1 unspecified atom stereocenters. The minimum absolute atomic E-state index is 0.0227. The second-order valence-electron chi connectivity index (χ2n) is 6.84. The maximum Gasteiger partial charge on any atom is 0.259 e. The lowest BCUT2D eigenvalue weighted by Gasteiger charge is -2.33. The van der Waals surface area contributed by atoms with Crippen LogP contribution in [0.5, 0.6) is 0 Å². The molecular formula is C20H20N4O2S. The lowest BCUT2D eigenvalue weighted by molar-refractivity contribution is 0.0707. The first-order valence-corrected chi connectivity index (χ1v) is 9.75. The van der Waals surface area contributed by atoms with E-state index < -0.39 is 5.91 Å². The monoisotopic (exact) mass is 380 g/mol. The van der Waals surface area contributed by atoms with Gasteiger partial charge in [-0.2, -0.15) is 0 Å². The topological polar surface area (TPSA) is 89.2 Å². The van der Waals surface area contributed by atoms with Gasteiger partial charge in [0.05, 0.1) is 10.4 Å². The molecular weight excluding hydrogens is 360 g/mol. The van der Waals surface area contributed by atoms with Crippen LogP contribution in [0.3, 0.4) is 0 Å². The number of hydrogen-bond acceptors (Lipinski definition) is 5. The van der Waals surface area contributed by atoms with Gasteiger partial charge in [0.15, 0.2) is 0 Å². The molecule has 4 rings (SSSR count). The fraction of sp³-hybridized carbons (Fsp3) is 0.300. The SMILES string of the molecule is Cc1ccc(C(=O)N2CCCC(c3c(C(N)=O)sc4ncccc34)C2)cn1. The predicted octanol–water partition coefficient (Wildman–Crippen LogP) is 3.12. The smallest absolute Gasteiger partial charge is 0.259 e. The number of amides is 2. The molecule has 7 heteroatoms. The second-order valence-corrected chi connectivity index (χ2v) is 7.84. The third kappa shape index (κ3) is 3.30. The van der Waals surface area contributed by atoms with Crippen LogP contribution in [0.2, 0.25) is 0 Å². The van der Waals surface area contributed by atoms with Gasteiger partial charge in [0.2, 0.25) is 0 Å². The van der Waals surface area contributed by atoms with Crippen molar-refractivity contribution >= 4 is 33.4 Å². The molecule has 1 atom stereocenters. The largest absolute Gasteiger partial charge is 0.365 e. The highest BCUT2D eigenvalue weighted by Crippen LogP contribution is 2.39. The van der Waals surface area contributed by atoms with Crippen molar-refractivity contribution in [2.24, 2.45) is 5.73 Å². The van der Waals surface area contributed by atoms with E-state index in [0.717, 1.165) is 34.3 Å². The first-order valence-electron chi connectivity index (χ1n) is 8.93. The first-order chi connectivity index (χ1) is 13.0. The average molecular weight is 380 g/mol. The van der Waals surface area contributed by atoms with Gasteiger partial charge in [0.25, 0.3) is 11.8 Å². The van der Waals surface area contributed by atoms with Crippen LogP contribution in [-0.4, -0.2) is 39.8 Å². The molecule has 2 amide bonds. The summed E-state index contributed by atoms with van der Waals surface area (Å²) in [5, 5.41) is 0.965. The zero-order chi connectivity index (χ0) is 19.0. The quantitative estimate of drug-likeness (QED) is 0.756. The Morgan fingerprint density at radius 3 is 2.85 bits per heavy atom. The van der Waals surface area contributed by atoms with Crippen molar-refractivity contribution in [2.75, 3.05) is 13.1 Å². The van der Waals surface area contributed by atoms with Crippen LogP contribution in [0.15, 0.2) is 36.7 Å². The summed E-state index contributed by atoms with van der Waals surface area (Å²) in [4.78, 5) is 36.7. The van der Waals surface area contributed by atoms with E-state index >= 15 is 0 Å². The summed E-state index contributed by atoms with van der Waals surface area (Å²) in [6, 6.07) is 7.50. The maximum absolute atomic E-state index is 12.9. The summed E-state index contributed by atoms with van der Waals surface area (Å²) in [6.45, 7) is 3.16. The van der Waals surface area contributed by atoms with Crippen LogP contribution < -0.4 is 5.73 Å². The number of rotatable bonds is 3. The van der Waals surface area contributed by atoms with Crippen molar-refractivity contribution in [3.05, 3.63) is 58.4 Å². The summed E-state index contributed by atoms with van der Waals surface area (Å²) >= 11 is 1.33. The number of likely N-dealkylation sites (tertiary alicyclic amines) is 1. The molecule has 0 aliphatic carbocycles. The Bertz CT molecular complexity index is 1010. The van der Waals surface area contributed by atoms with Gasteiger partial charge in [-0.1, -0.05) is 6.07 Å². The van der Waals surface area contributed by atoms with Crippen LogP contribution in [0.25, 0.3) is 10.2 Å². The molecule has 6 nitrogen and oxygen atoms in total. The van der Waals surface area contributed by atoms with Crippen molar-refractivity contribution in [1.29, 1.82) is 0 Å². The van der Waals surface area contributed by atoms with Gasteiger partial charge in [0.1, 0.15) is 4.83 Å². The number of fused-ring (bicyclic) bond motifs is 1. The number of aryl methyl sites for hydroxylation is 1. The summed E-state index contributed by atoms with van der Waals surface area (Å²) in [6.07, 6.45) is 5.14. The van der Waals surface area contributed by atoms with E-state index in [1.807, 2.05) is 36.1 Å². The van der Waals surface area contributed by atoms with Crippen LogP contribution in [0.4, 0.5) is 0 Å². The first kappa shape index (κ1) is 17.6. The fourth-order valence-corrected chi connectivity index (χ4v) is 4.80. The molecule has 3 aromatic rings. The minimum atomic E-state index is -0.431. The lowest BCUT2D eigenvalue weighted by atomic mass is 9.88. The van der Waals surface area contributed by atoms with Crippen molar-refractivity contribution in [1.82, 2.24) is 14.9 Å². The molecule has 0 aromatic carbocycles. The Kier molecular flexibility index (Phi) is 4.61. The van der Waals surface area contributed by atoms with E-state index in [4.69, 9.17) is 5.73 Å². The molecule has 0 saturated carbocycles. The Morgan fingerprint density at radius 1 is 1.26 bits per heavy atom. The van der Waals surface area contributed by atoms with Crippen LogP contribution in [0, 0.1) is 6.92 Å². The van der Waals surface area contributed by atoms with Gasteiger partial charge in [-0.3, -0.25) is 14.6 Å². The molecule has 3 aromatic heterocycles. The molecule has 1 fully saturated rings. The Labute approximate surface area is 161 Å². The molecule has 0 radical (unpaired) electrons. The number of carbonyl (C=O) groups excluding carboxylic acids is 2. The fourth-order valence-electron chi connectivity index (χ4n) is 3.71. The number of carbonyl (C=O) groups is 2. The van der Waals surface area contributed by atoms with Gasteiger partial charge < -0.3 is 10.6 Å². The number of nitrogens with zero attached hydrogens (tertiary/aromatic N) is 3. The average Bonchev–Trinajstić information content (AvgIpc) is 3.08. The Balaban J connectivity index is 1.66. The number of primary amides is 1. The van der Waals surface area contributed by atoms with Crippen molar-refractivity contribution in [3.8, 4) is 0 Å². The number of hydrogen-bond donors (Lipinski definition) is 1. The maximum atomic E-state index is 12.9. The highest BCUT2D eigenvalue weighted by Gasteiger charge is 2.30. The summed E-state index contributed by atoms with van der Waals surface area (Å²) in [5.74, 6) is -0.383. The molecule has 138 valence electrons. The zero-order valence-electron chi connectivity index (χ0n) is 15.0. The highest BCUT2D eigenvalue weighted by atomic mass is 32.1. The number of nitrogens with two attached hydrogens (primary N) is 1. The van der Waals surface area contributed by atoms with Gasteiger partial charge in [0, 0.05) is 42.5 Å².